The lowest BCUT2D eigenvalue weighted by Gasteiger charge is -2.35. The molecule has 2 N–H and O–H groups in total. The minimum absolute atomic E-state index is 0. The van der Waals surface area contributed by atoms with Crippen LogP contribution in [0.2, 0.25) is 0 Å². The van der Waals surface area contributed by atoms with Gasteiger partial charge in [-0.2, -0.15) is 5.10 Å². The lowest BCUT2D eigenvalue weighted by molar-refractivity contribution is -0.131. The average Bonchev–Trinajstić information content (AvgIpc) is 2.76. The molecule has 0 bridgehead atoms. The fourth-order valence-electron chi connectivity index (χ4n) is 2.07. The van der Waals surface area contributed by atoms with Gasteiger partial charge in [-0.3, -0.25) is 9.48 Å². The lowest BCUT2D eigenvalue weighted by Crippen LogP contribution is -2.49. The molecular formula is C11H21Cl2N5O. The van der Waals surface area contributed by atoms with E-state index in [-0.39, 0.29) is 30.7 Å². The van der Waals surface area contributed by atoms with E-state index in [2.05, 4.69) is 10.00 Å². The highest BCUT2D eigenvalue weighted by Crippen LogP contribution is 2.14. The molecule has 0 atom stereocenters. The predicted molar refractivity (Wildman–Crippen MR) is 80.2 cm³/mol. The van der Waals surface area contributed by atoms with Gasteiger partial charge in [-0.25, -0.2) is 0 Å². The molecule has 0 spiro atoms. The van der Waals surface area contributed by atoms with Crippen LogP contribution in [0.3, 0.4) is 0 Å². The smallest absolute Gasteiger partial charge is 0.223 e. The second kappa shape index (κ2) is 8.24. The molecule has 1 amide bonds. The number of amides is 1. The third kappa shape index (κ3) is 4.56. The minimum atomic E-state index is 0. The SMILES string of the molecule is Cl.Cl.Cn1cc(N2CCN(C(=O)CCN)CC2)cn1. The number of nitrogens with two attached hydrogens (primary N) is 1. The van der Waals surface area contributed by atoms with Gasteiger partial charge in [0.2, 0.25) is 5.91 Å². The molecule has 1 fully saturated rings. The summed E-state index contributed by atoms with van der Waals surface area (Å²) in [6, 6.07) is 0. The molecule has 0 aromatic carbocycles. The number of piperazine rings is 1. The second-order valence-electron chi connectivity index (χ2n) is 4.28. The molecule has 0 unspecified atom stereocenters. The van der Waals surface area contributed by atoms with Crippen LogP contribution in [0.25, 0.3) is 0 Å². The van der Waals surface area contributed by atoms with Gasteiger partial charge in [0.1, 0.15) is 0 Å². The summed E-state index contributed by atoms with van der Waals surface area (Å²) < 4.78 is 1.79. The van der Waals surface area contributed by atoms with Crippen molar-refractivity contribution in [1.29, 1.82) is 0 Å². The molecule has 110 valence electrons. The molecule has 1 aromatic rings. The maximum atomic E-state index is 11.7. The highest BCUT2D eigenvalue weighted by atomic mass is 35.5. The molecule has 8 heteroatoms. The van der Waals surface area contributed by atoms with Crippen LogP contribution in [0.1, 0.15) is 6.42 Å². The number of aromatic nitrogens is 2. The zero-order chi connectivity index (χ0) is 12.3. The number of rotatable bonds is 3. The summed E-state index contributed by atoms with van der Waals surface area (Å²) in [7, 11) is 1.91. The van der Waals surface area contributed by atoms with Crippen LogP contribution < -0.4 is 10.6 Å². The summed E-state index contributed by atoms with van der Waals surface area (Å²) in [5.74, 6) is 0.165. The molecule has 0 aliphatic carbocycles. The number of carbonyl (C=O) groups excluding carboxylic acids is 1. The van der Waals surface area contributed by atoms with Crippen molar-refractivity contribution in [1.82, 2.24) is 14.7 Å². The van der Waals surface area contributed by atoms with Crippen molar-refractivity contribution in [3.05, 3.63) is 12.4 Å². The number of nitrogens with zero attached hydrogens (tertiary/aromatic N) is 4. The third-order valence-corrected chi connectivity index (χ3v) is 3.05. The summed E-state index contributed by atoms with van der Waals surface area (Å²) in [6.07, 6.45) is 4.31. The third-order valence-electron chi connectivity index (χ3n) is 3.05. The van der Waals surface area contributed by atoms with Crippen LogP contribution in [0.5, 0.6) is 0 Å². The quantitative estimate of drug-likeness (QED) is 0.870. The summed E-state index contributed by atoms with van der Waals surface area (Å²) in [4.78, 5) is 15.8. The van der Waals surface area contributed by atoms with E-state index >= 15 is 0 Å². The van der Waals surface area contributed by atoms with Crippen molar-refractivity contribution in [2.24, 2.45) is 12.8 Å². The number of halogens is 2. The van der Waals surface area contributed by atoms with Gasteiger partial charge in [-0.1, -0.05) is 0 Å². The Morgan fingerprint density at radius 2 is 1.95 bits per heavy atom. The Bertz CT molecular complexity index is 390. The molecule has 6 nitrogen and oxygen atoms in total. The van der Waals surface area contributed by atoms with Crippen LogP contribution in [0.15, 0.2) is 12.4 Å². The monoisotopic (exact) mass is 309 g/mol. The number of aryl methyl sites for hydroxylation is 1. The first kappa shape index (κ1) is 18.0. The summed E-state index contributed by atoms with van der Waals surface area (Å²) in [6.45, 7) is 3.70. The summed E-state index contributed by atoms with van der Waals surface area (Å²) in [5, 5.41) is 4.15. The van der Waals surface area contributed by atoms with E-state index in [4.69, 9.17) is 5.73 Å². The van der Waals surface area contributed by atoms with Crippen LogP contribution in [-0.4, -0.2) is 53.3 Å². The fourth-order valence-corrected chi connectivity index (χ4v) is 2.07. The number of hydrogen-bond donors (Lipinski definition) is 1. The number of anilines is 1. The van der Waals surface area contributed by atoms with Crippen molar-refractivity contribution in [3.8, 4) is 0 Å². The topological polar surface area (TPSA) is 67.4 Å². The van der Waals surface area contributed by atoms with E-state index in [1.165, 1.54) is 0 Å². The van der Waals surface area contributed by atoms with Crippen LogP contribution >= 0.6 is 24.8 Å². The normalized spacial score (nSPS) is 14.6. The molecule has 19 heavy (non-hydrogen) atoms. The largest absolute Gasteiger partial charge is 0.365 e. The Hall–Kier alpha value is -0.980. The van der Waals surface area contributed by atoms with Crippen LogP contribution in [0.4, 0.5) is 5.69 Å². The lowest BCUT2D eigenvalue weighted by atomic mass is 10.2. The Morgan fingerprint density at radius 1 is 1.32 bits per heavy atom. The number of carbonyl (C=O) groups is 1. The first-order chi connectivity index (χ1) is 8.20. The molecule has 1 saturated heterocycles. The van der Waals surface area contributed by atoms with E-state index in [0.717, 1.165) is 31.9 Å². The molecule has 1 aliphatic rings. The summed E-state index contributed by atoms with van der Waals surface area (Å²) in [5.41, 5.74) is 6.51. The van der Waals surface area contributed by atoms with E-state index in [1.54, 1.807) is 4.68 Å². The molecule has 2 heterocycles. The van der Waals surface area contributed by atoms with E-state index < -0.39 is 0 Å². The van der Waals surface area contributed by atoms with Gasteiger partial charge in [0, 0.05) is 52.4 Å². The molecule has 1 aliphatic heterocycles. The van der Waals surface area contributed by atoms with Crippen molar-refractivity contribution in [2.45, 2.75) is 6.42 Å². The zero-order valence-electron chi connectivity index (χ0n) is 11.0. The van der Waals surface area contributed by atoms with Crippen molar-refractivity contribution in [3.63, 3.8) is 0 Å². The van der Waals surface area contributed by atoms with Crippen LogP contribution in [0, 0.1) is 0 Å². The maximum absolute atomic E-state index is 11.7. The van der Waals surface area contributed by atoms with Crippen molar-refractivity contribution < 1.29 is 4.79 Å². The van der Waals surface area contributed by atoms with Gasteiger partial charge in [0.15, 0.2) is 0 Å². The average molecular weight is 310 g/mol. The van der Waals surface area contributed by atoms with Crippen molar-refractivity contribution >= 4 is 36.4 Å². The van der Waals surface area contributed by atoms with E-state index in [0.29, 0.717) is 13.0 Å². The highest BCUT2D eigenvalue weighted by Gasteiger charge is 2.21. The van der Waals surface area contributed by atoms with Crippen molar-refractivity contribution in [2.75, 3.05) is 37.6 Å². The first-order valence-corrected chi connectivity index (χ1v) is 5.92. The first-order valence-electron chi connectivity index (χ1n) is 5.92. The Kier molecular flexibility index (Phi) is 7.82. The van der Waals surface area contributed by atoms with Gasteiger partial charge in [-0.15, -0.1) is 24.8 Å². The van der Waals surface area contributed by atoms with E-state index in [1.807, 2.05) is 24.3 Å². The molecule has 2 rings (SSSR count). The summed E-state index contributed by atoms with van der Waals surface area (Å²) >= 11 is 0. The van der Waals surface area contributed by atoms with Crippen LogP contribution in [-0.2, 0) is 11.8 Å². The fraction of sp³-hybridized carbons (Fsp3) is 0.636. The van der Waals surface area contributed by atoms with Gasteiger partial charge >= 0.3 is 0 Å². The second-order valence-corrected chi connectivity index (χ2v) is 4.28. The molecule has 1 aromatic heterocycles. The number of hydrogen-bond acceptors (Lipinski definition) is 4. The molecular weight excluding hydrogens is 289 g/mol. The van der Waals surface area contributed by atoms with Gasteiger partial charge in [0.05, 0.1) is 11.9 Å². The minimum Gasteiger partial charge on any atom is -0.365 e. The maximum Gasteiger partial charge on any atom is 0.223 e. The van der Waals surface area contributed by atoms with Gasteiger partial charge in [-0.05, 0) is 0 Å². The van der Waals surface area contributed by atoms with E-state index in [9.17, 15) is 4.79 Å². The molecule has 0 saturated carbocycles. The Morgan fingerprint density at radius 3 is 2.42 bits per heavy atom. The Balaban J connectivity index is 0.00000162. The molecule has 0 radical (unpaired) electrons. The van der Waals surface area contributed by atoms with Gasteiger partial charge < -0.3 is 15.5 Å². The highest BCUT2D eigenvalue weighted by molar-refractivity contribution is 5.85. The van der Waals surface area contributed by atoms with Gasteiger partial charge in [0.25, 0.3) is 0 Å². The Labute approximate surface area is 125 Å². The zero-order valence-corrected chi connectivity index (χ0v) is 12.6. The predicted octanol–water partition coefficient (Wildman–Crippen LogP) is 0.261. The standard InChI is InChI=1S/C11H19N5O.2ClH/c1-14-9-10(8-13-14)15-4-6-16(7-5-15)11(17)2-3-12;;/h8-9H,2-7,12H2,1H3;2*1H.